The van der Waals surface area contributed by atoms with Crippen molar-refractivity contribution in [2.24, 2.45) is 5.73 Å². The van der Waals surface area contributed by atoms with Gasteiger partial charge in [-0.2, -0.15) is 0 Å². The van der Waals surface area contributed by atoms with Crippen LogP contribution in [0.2, 0.25) is 0 Å². The Morgan fingerprint density at radius 3 is 2.69 bits per heavy atom. The van der Waals surface area contributed by atoms with Crippen LogP contribution in [0.1, 0.15) is 11.7 Å². The Morgan fingerprint density at radius 1 is 1.62 bits per heavy atom. The fourth-order valence-corrected chi connectivity index (χ4v) is 0.771. The summed E-state index contributed by atoms with van der Waals surface area (Å²) < 4.78 is 25.1. The number of hydrogen-bond donors (Lipinski definition) is 2. The molecule has 0 amide bonds. The van der Waals surface area contributed by atoms with E-state index in [0.717, 1.165) is 0 Å². The van der Waals surface area contributed by atoms with Crippen LogP contribution in [0.25, 0.3) is 0 Å². The fourth-order valence-electron chi connectivity index (χ4n) is 0.771. The Morgan fingerprint density at radius 2 is 2.23 bits per heavy atom. The van der Waals surface area contributed by atoms with Gasteiger partial charge in [-0.25, -0.2) is 8.78 Å². The van der Waals surface area contributed by atoms with E-state index < -0.39 is 29.3 Å². The van der Waals surface area contributed by atoms with E-state index in [4.69, 9.17) is 10.8 Å². The SMILES string of the molecule is N[C@@H](C(=O)O)c1ncc(F)cc1F. The standard InChI is InChI=1S/C7H6F2N2O2/c8-3-1-4(9)6(11-2-3)5(10)7(12)13/h1-2,5H,10H2,(H,12,13)/t5-/m1/s1. The predicted molar refractivity (Wildman–Crippen MR) is 38.7 cm³/mol. The minimum Gasteiger partial charge on any atom is -0.480 e. The van der Waals surface area contributed by atoms with Crippen molar-refractivity contribution in [3.8, 4) is 0 Å². The molecule has 4 nitrogen and oxygen atoms in total. The first-order valence-corrected chi connectivity index (χ1v) is 3.31. The molecule has 0 saturated carbocycles. The molecule has 1 aromatic rings. The summed E-state index contributed by atoms with van der Waals surface area (Å²) in [5.41, 5.74) is 4.59. The molecule has 0 saturated heterocycles. The summed E-state index contributed by atoms with van der Waals surface area (Å²) in [6.07, 6.45) is 0.710. The molecule has 0 radical (unpaired) electrons. The second kappa shape index (κ2) is 3.44. The van der Waals surface area contributed by atoms with E-state index in [0.29, 0.717) is 12.3 Å². The van der Waals surface area contributed by atoms with Crippen LogP contribution in [0.5, 0.6) is 0 Å². The van der Waals surface area contributed by atoms with Crippen molar-refractivity contribution >= 4 is 5.97 Å². The number of aromatic nitrogens is 1. The van der Waals surface area contributed by atoms with Crippen LogP contribution < -0.4 is 5.73 Å². The summed E-state index contributed by atoms with van der Waals surface area (Å²) in [7, 11) is 0. The zero-order valence-electron chi connectivity index (χ0n) is 6.37. The number of halogens is 2. The van der Waals surface area contributed by atoms with Crippen LogP contribution in [-0.2, 0) is 4.79 Å². The van der Waals surface area contributed by atoms with E-state index in [1.165, 1.54) is 0 Å². The summed E-state index contributed by atoms with van der Waals surface area (Å²) in [6, 6.07) is -1.04. The van der Waals surface area contributed by atoms with Crippen molar-refractivity contribution in [1.29, 1.82) is 0 Å². The first-order chi connectivity index (χ1) is 6.02. The Balaban J connectivity index is 3.08. The Labute approximate surface area is 72.0 Å². The fraction of sp³-hybridized carbons (Fsp3) is 0.143. The molecule has 1 aromatic heterocycles. The molecule has 0 bridgehead atoms. The maximum absolute atomic E-state index is 12.8. The number of nitrogens with zero attached hydrogens (tertiary/aromatic N) is 1. The molecule has 0 unspecified atom stereocenters. The molecule has 0 aliphatic heterocycles. The van der Waals surface area contributed by atoms with Crippen LogP contribution in [0.15, 0.2) is 12.3 Å². The van der Waals surface area contributed by atoms with Crippen molar-refractivity contribution in [3.05, 3.63) is 29.6 Å². The highest BCUT2D eigenvalue weighted by Gasteiger charge is 2.20. The minimum absolute atomic E-state index is 0.478. The average molecular weight is 188 g/mol. The third-order valence-electron chi connectivity index (χ3n) is 1.40. The number of pyridine rings is 1. The molecule has 0 aliphatic rings. The Hall–Kier alpha value is -1.56. The summed E-state index contributed by atoms with van der Waals surface area (Å²) in [5, 5.41) is 8.40. The summed E-state index contributed by atoms with van der Waals surface area (Å²) in [5.74, 6) is -3.35. The van der Waals surface area contributed by atoms with Crippen molar-refractivity contribution in [1.82, 2.24) is 4.98 Å². The first kappa shape index (κ1) is 9.53. The van der Waals surface area contributed by atoms with Gasteiger partial charge in [-0.15, -0.1) is 0 Å². The molecule has 0 aliphatic carbocycles. The minimum atomic E-state index is -1.57. The lowest BCUT2D eigenvalue weighted by Crippen LogP contribution is -2.23. The molecular weight excluding hydrogens is 182 g/mol. The van der Waals surface area contributed by atoms with Crippen molar-refractivity contribution in [2.75, 3.05) is 0 Å². The van der Waals surface area contributed by atoms with E-state index in [1.54, 1.807) is 0 Å². The Bertz CT molecular complexity index is 343. The van der Waals surface area contributed by atoms with Gasteiger partial charge in [-0.3, -0.25) is 9.78 Å². The zero-order valence-corrected chi connectivity index (χ0v) is 6.37. The highest BCUT2D eigenvalue weighted by Crippen LogP contribution is 2.12. The van der Waals surface area contributed by atoms with Crippen molar-refractivity contribution < 1.29 is 18.7 Å². The van der Waals surface area contributed by atoms with Gasteiger partial charge >= 0.3 is 5.97 Å². The van der Waals surface area contributed by atoms with E-state index in [2.05, 4.69) is 4.98 Å². The van der Waals surface area contributed by atoms with E-state index in [1.807, 2.05) is 0 Å². The van der Waals surface area contributed by atoms with Crippen LogP contribution in [0, 0.1) is 11.6 Å². The molecule has 0 spiro atoms. The second-order valence-electron chi connectivity index (χ2n) is 2.34. The number of carboxylic acid groups (broad SMARTS) is 1. The van der Waals surface area contributed by atoms with Crippen LogP contribution in [0.4, 0.5) is 8.78 Å². The molecule has 70 valence electrons. The lowest BCUT2D eigenvalue weighted by Gasteiger charge is -2.05. The molecule has 6 heteroatoms. The van der Waals surface area contributed by atoms with Gasteiger partial charge in [-0.05, 0) is 0 Å². The second-order valence-corrected chi connectivity index (χ2v) is 2.34. The van der Waals surface area contributed by atoms with Crippen molar-refractivity contribution in [3.63, 3.8) is 0 Å². The molecule has 1 atom stereocenters. The highest BCUT2D eigenvalue weighted by molar-refractivity contribution is 5.74. The van der Waals surface area contributed by atoms with Gasteiger partial charge in [0.25, 0.3) is 0 Å². The normalized spacial score (nSPS) is 12.5. The molecule has 0 fully saturated rings. The summed E-state index contributed by atoms with van der Waals surface area (Å²) in [4.78, 5) is 13.6. The molecule has 13 heavy (non-hydrogen) atoms. The first-order valence-electron chi connectivity index (χ1n) is 3.31. The van der Waals surface area contributed by atoms with Gasteiger partial charge in [0, 0.05) is 6.07 Å². The zero-order chi connectivity index (χ0) is 10.0. The van der Waals surface area contributed by atoms with Gasteiger partial charge < -0.3 is 10.8 Å². The predicted octanol–water partition coefficient (Wildman–Crippen LogP) is 0.444. The smallest absolute Gasteiger partial charge is 0.326 e. The molecule has 3 N–H and O–H groups in total. The molecule has 0 aromatic carbocycles. The van der Waals surface area contributed by atoms with Crippen molar-refractivity contribution in [2.45, 2.75) is 6.04 Å². The lowest BCUT2D eigenvalue weighted by molar-refractivity contribution is -0.138. The monoisotopic (exact) mass is 188 g/mol. The van der Waals surface area contributed by atoms with E-state index in [9.17, 15) is 13.6 Å². The van der Waals surface area contributed by atoms with Crippen LogP contribution in [0.3, 0.4) is 0 Å². The number of carbonyl (C=O) groups is 1. The van der Waals surface area contributed by atoms with Gasteiger partial charge in [-0.1, -0.05) is 0 Å². The largest absolute Gasteiger partial charge is 0.480 e. The molecular formula is C7H6F2N2O2. The topological polar surface area (TPSA) is 76.2 Å². The summed E-state index contributed by atoms with van der Waals surface area (Å²) >= 11 is 0. The maximum Gasteiger partial charge on any atom is 0.326 e. The molecule has 1 heterocycles. The quantitative estimate of drug-likeness (QED) is 0.706. The van der Waals surface area contributed by atoms with Gasteiger partial charge in [0.05, 0.1) is 6.20 Å². The van der Waals surface area contributed by atoms with E-state index >= 15 is 0 Å². The average Bonchev–Trinajstić information content (AvgIpc) is 2.03. The van der Waals surface area contributed by atoms with Crippen LogP contribution >= 0.6 is 0 Å². The number of rotatable bonds is 2. The van der Waals surface area contributed by atoms with Gasteiger partial charge in [0.2, 0.25) is 0 Å². The number of aliphatic carboxylic acids is 1. The number of nitrogens with two attached hydrogens (primary N) is 1. The maximum atomic E-state index is 12.8. The Kier molecular flexibility index (Phi) is 2.52. The molecule has 1 rings (SSSR count). The lowest BCUT2D eigenvalue weighted by atomic mass is 10.2. The number of carboxylic acids is 1. The highest BCUT2D eigenvalue weighted by atomic mass is 19.1. The summed E-state index contributed by atoms with van der Waals surface area (Å²) in [6.45, 7) is 0. The third kappa shape index (κ3) is 1.97. The van der Waals surface area contributed by atoms with E-state index in [-0.39, 0.29) is 0 Å². The van der Waals surface area contributed by atoms with Gasteiger partial charge in [0.15, 0.2) is 0 Å². The number of hydrogen-bond acceptors (Lipinski definition) is 3. The van der Waals surface area contributed by atoms with Gasteiger partial charge in [0.1, 0.15) is 23.4 Å². The van der Waals surface area contributed by atoms with Crippen LogP contribution in [-0.4, -0.2) is 16.1 Å². The third-order valence-corrected chi connectivity index (χ3v) is 1.40.